The van der Waals surface area contributed by atoms with Crippen LogP contribution in [-0.4, -0.2) is 26.0 Å². The van der Waals surface area contributed by atoms with Crippen molar-refractivity contribution in [1.29, 1.82) is 0 Å². The van der Waals surface area contributed by atoms with Crippen LogP contribution in [0, 0.1) is 0 Å². The Morgan fingerprint density at radius 2 is 0.886 bits per heavy atom. The van der Waals surface area contributed by atoms with Gasteiger partial charge in [0.2, 0.25) is 0 Å². The Morgan fingerprint density at radius 1 is 0.514 bits per heavy atom. The molecule has 5 aromatic rings. The summed E-state index contributed by atoms with van der Waals surface area (Å²) in [6.07, 6.45) is 3.66. The van der Waals surface area contributed by atoms with Gasteiger partial charge in [-0.1, -0.05) is 0 Å². The monoisotopic (exact) mass is 556 g/mol. The third kappa shape index (κ3) is 5.11. The molecule has 2 nitrogen and oxygen atoms in total. The van der Waals surface area contributed by atoms with Crippen LogP contribution in [0.5, 0.6) is 0 Å². The Kier molecular flexibility index (Phi) is 7.43. The van der Waals surface area contributed by atoms with E-state index in [2.05, 4.69) is 141 Å². The van der Waals surface area contributed by atoms with E-state index in [0.717, 1.165) is 11.6 Å². The molecule has 0 unspecified atom stereocenters. The van der Waals surface area contributed by atoms with E-state index in [4.69, 9.17) is 4.74 Å². The molecule has 0 saturated carbocycles. The average molecular weight is 555 g/mol. The van der Waals surface area contributed by atoms with Gasteiger partial charge < -0.3 is 0 Å². The van der Waals surface area contributed by atoms with Crippen molar-refractivity contribution in [3.63, 3.8) is 0 Å². The minimum absolute atomic E-state index is 0.921. The first-order chi connectivity index (χ1) is 17.2. The molecule has 172 valence electrons. The predicted molar refractivity (Wildman–Crippen MR) is 155 cm³/mol. The van der Waals surface area contributed by atoms with E-state index >= 15 is 0 Å². The number of hydrogen-bond acceptors (Lipinski definition) is 2. The summed E-state index contributed by atoms with van der Waals surface area (Å²) in [5, 5.41) is 5.28. The SMILES string of the molecule is [Se]=P(CP(=Nc1ccncc1)(c1ccccc1)c1ccccc1)(c1ccccc1)c1ccccc1. The Balaban J connectivity index is 1.85. The molecule has 0 aliphatic heterocycles. The molecule has 1 aromatic heterocycles. The molecule has 0 radical (unpaired) electrons. The third-order valence-electron chi connectivity index (χ3n) is 6.07. The van der Waals surface area contributed by atoms with Crippen molar-refractivity contribution < 1.29 is 0 Å². The summed E-state index contributed by atoms with van der Waals surface area (Å²) in [5.41, 5.74) is -0.982. The summed E-state index contributed by atoms with van der Waals surface area (Å²) >= 11 is 3.77. The molecular formula is C30H26N2P2Se. The van der Waals surface area contributed by atoms with E-state index in [1.807, 2.05) is 24.5 Å². The molecule has 0 bridgehead atoms. The summed E-state index contributed by atoms with van der Waals surface area (Å²) in [6, 6.07) is 47.7. The molecule has 0 amide bonds. The summed E-state index contributed by atoms with van der Waals surface area (Å²) in [7, 11) is -2.26. The molecule has 4 aromatic carbocycles. The van der Waals surface area contributed by atoms with Crippen LogP contribution in [-0.2, 0) is 0 Å². The van der Waals surface area contributed by atoms with Gasteiger partial charge in [-0.15, -0.1) is 0 Å². The molecule has 0 aliphatic rings. The second-order valence-corrected chi connectivity index (χ2v) is 18.6. The first kappa shape index (κ1) is 23.9. The van der Waals surface area contributed by atoms with Crippen molar-refractivity contribution in [1.82, 2.24) is 4.98 Å². The van der Waals surface area contributed by atoms with Crippen LogP contribution < -0.4 is 21.2 Å². The number of pyridine rings is 1. The topological polar surface area (TPSA) is 25.2 Å². The van der Waals surface area contributed by atoms with Gasteiger partial charge in [0.05, 0.1) is 0 Å². The summed E-state index contributed by atoms with van der Waals surface area (Å²) < 4.78 is 5.65. The molecule has 1 heterocycles. The summed E-state index contributed by atoms with van der Waals surface area (Å²) in [6.45, 7) is 0. The fourth-order valence-corrected chi connectivity index (χ4v) is 18.2. The van der Waals surface area contributed by atoms with Gasteiger partial charge in [-0.25, -0.2) is 0 Å². The van der Waals surface area contributed by atoms with Crippen molar-refractivity contribution in [3.8, 4) is 0 Å². The van der Waals surface area contributed by atoms with E-state index < -0.39 is 12.6 Å². The zero-order valence-electron chi connectivity index (χ0n) is 19.3. The third-order valence-corrected chi connectivity index (χ3v) is 19.3. The van der Waals surface area contributed by atoms with Gasteiger partial charge in [0.1, 0.15) is 0 Å². The van der Waals surface area contributed by atoms with Gasteiger partial charge in [0.15, 0.2) is 0 Å². The van der Waals surface area contributed by atoms with Crippen LogP contribution in [0.25, 0.3) is 0 Å². The molecule has 5 rings (SSSR count). The Labute approximate surface area is 215 Å². The Hall–Kier alpha value is -2.79. The fourth-order valence-electron chi connectivity index (χ4n) is 4.35. The van der Waals surface area contributed by atoms with Crippen molar-refractivity contribution in [2.45, 2.75) is 0 Å². The van der Waals surface area contributed by atoms with Gasteiger partial charge in [0, 0.05) is 0 Å². The van der Waals surface area contributed by atoms with E-state index in [1.54, 1.807) is 0 Å². The molecule has 0 atom stereocenters. The molecule has 35 heavy (non-hydrogen) atoms. The molecule has 0 aliphatic carbocycles. The Bertz CT molecular complexity index is 1390. The van der Waals surface area contributed by atoms with Gasteiger partial charge in [0.25, 0.3) is 0 Å². The quantitative estimate of drug-likeness (QED) is 0.172. The Morgan fingerprint density at radius 3 is 1.29 bits per heavy atom. The van der Waals surface area contributed by atoms with E-state index in [-0.39, 0.29) is 0 Å². The van der Waals surface area contributed by atoms with Crippen LogP contribution in [0.4, 0.5) is 5.69 Å². The van der Waals surface area contributed by atoms with Crippen LogP contribution in [0.3, 0.4) is 0 Å². The summed E-state index contributed by atoms with van der Waals surface area (Å²) in [4.78, 5) is 4.24. The number of hydrogen-bond donors (Lipinski definition) is 0. The van der Waals surface area contributed by atoms with E-state index in [9.17, 15) is 0 Å². The zero-order valence-corrected chi connectivity index (χ0v) is 22.8. The maximum absolute atomic E-state index is 5.65. The van der Waals surface area contributed by atoms with Gasteiger partial charge in [-0.3, -0.25) is 0 Å². The number of benzene rings is 4. The van der Waals surface area contributed by atoms with Crippen LogP contribution in [0.2, 0.25) is 0 Å². The number of nitrogens with zero attached hydrogens (tertiary/aromatic N) is 2. The molecule has 0 spiro atoms. The molecule has 0 saturated heterocycles. The fraction of sp³-hybridized carbons (Fsp3) is 0.0333. The van der Waals surface area contributed by atoms with E-state index in [1.165, 1.54) is 21.2 Å². The van der Waals surface area contributed by atoms with Gasteiger partial charge in [-0.05, 0) is 0 Å². The zero-order chi connectivity index (χ0) is 24.0. The minimum atomic E-state index is -2.26. The second-order valence-electron chi connectivity index (χ2n) is 8.30. The van der Waals surface area contributed by atoms with Crippen LogP contribution in [0.1, 0.15) is 0 Å². The normalized spacial score (nSPS) is 11.7. The standard InChI is InChI=1S/C30H26N2P2Se/c35-34(29-17-9-3-10-18-29,30-19-11-4-12-20-30)25-33(27-13-5-1-6-14-27,28-15-7-2-8-16-28)32-26-21-23-31-24-22-26/h1-24H,25H2. The van der Waals surface area contributed by atoms with Crippen molar-refractivity contribution >= 4 is 54.6 Å². The first-order valence-electron chi connectivity index (χ1n) is 11.5. The molecule has 0 fully saturated rings. The van der Waals surface area contributed by atoms with Crippen molar-refractivity contribution in [3.05, 3.63) is 146 Å². The maximum atomic E-state index is 5.65. The average Bonchev–Trinajstić information content (AvgIpc) is 2.95. The predicted octanol–water partition coefficient (Wildman–Crippen LogP) is 6.27. The van der Waals surface area contributed by atoms with E-state index in [0.29, 0.717) is 0 Å². The summed E-state index contributed by atoms with van der Waals surface area (Å²) in [5.74, 6) is 0.921. The van der Waals surface area contributed by atoms with Gasteiger partial charge in [-0.2, -0.15) is 0 Å². The number of aromatic nitrogens is 1. The van der Waals surface area contributed by atoms with Crippen LogP contribution >= 0.6 is 12.6 Å². The number of rotatable bonds is 7. The van der Waals surface area contributed by atoms with Crippen molar-refractivity contribution in [2.75, 3.05) is 5.90 Å². The first-order valence-corrected chi connectivity index (χ1v) is 17.7. The van der Waals surface area contributed by atoms with Gasteiger partial charge >= 0.3 is 216 Å². The second kappa shape index (κ2) is 10.9. The molecular weight excluding hydrogens is 529 g/mol. The van der Waals surface area contributed by atoms with Crippen molar-refractivity contribution in [2.24, 2.45) is 4.74 Å². The molecule has 5 heteroatoms. The van der Waals surface area contributed by atoms with Crippen LogP contribution in [0.15, 0.2) is 151 Å². The molecule has 0 N–H and O–H groups in total.